The number of rotatable bonds is 4. The second-order valence-electron chi connectivity index (χ2n) is 5.66. The lowest BCUT2D eigenvalue weighted by Crippen LogP contribution is -2.47. The van der Waals surface area contributed by atoms with Gasteiger partial charge in [-0.15, -0.1) is 0 Å². The minimum Gasteiger partial charge on any atom is -0.478 e. The van der Waals surface area contributed by atoms with E-state index >= 15 is 0 Å². The summed E-state index contributed by atoms with van der Waals surface area (Å²) in [6.07, 6.45) is 0.571. The van der Waals surface area contributed by atoms with Gasteiger partial charge in [0, 0.05) is 11.9 Å². The molecule has 3 aromatic rings. The van der Waals surface area contributed by atoms with Crippen LogP contribution in [0.1, 0.15) is 23.1 Å². The van der Waals surface area contributed by atoms with E-state index in [0.717, 1.165) is 5.69 Å². The van der Waals surface area contributed by atoms with E-state index in [4.69, 9.17) is 4.74 Å². The third-order valence-electron chi connectivity index (χ3n) is 3.74. The van der Waals surface area contributed by atoms with Crippen LogP contribution in [0.3, 0.4) is 0 Å². The van der Waals surface area contributed by atoms with Crippen LogP contribution in [0.2, 0.25) is 0 Å². The van der Waals surface area contributed by atoms with Crippen LogP contribution in [-0.4, -0.2) is 27.3 Å². The van der Waals surface area contributed by atoms with E-state index in [1.54, 1.807) is 22.7 Å². The number of imidazole rings is 1. The summed E-state index contributed by atoms with van der Waals surface area (Å²) >= 11 is 0. The molecule has 1 aromatic carbocycles. The second kappa shape index (κ2) is 7.22. The number of nitrogens with one attached hydrogen (secondary N) is 2. The third kappa shape index (κ3) is 3.64. The van der Waals surface area contributed by atoms with Gasteiger partial charge in [-0.25, -0.2) is 9.37 Å². The van der Waals surface area contributed by atoms with Crippen molar-refractivity contribution in [1.29, 1.82) is 0 Å². The highest BCUT2D eigenvalue weighted by Crippen LogP contribution is 2.16. The smallest absolute Gasteiger partial charge is 0.289 e. The fourth-order valence-electron chi connectivity index (χ4n) is 2.33. The Morgan fingerprint density at radius 2 is 1.92 bits per heavy atom. The third-order valence-corrected chi connectivity index (χ3v) is 3.74. The molecule has 0 fully saturated rings. The molecule has 134 valence electrons. The van der Waals surface area contributed by atoms with Crippen LogP contribution >= 0.6 is 0 Å². The zero-order chi connectivity index (χ0) is 18.7. The van der Waals surface area contributed by atoms with Crippen molar-refractivity contribution in [2.75, 3.05) is 0 Å². The van der Waals surface area contributed by atoms with Crippen LogP contribution in [0.25, 0.3) is 5.65 Å². The molecule has 0 aliphatic rings. The van der Waals surface area contributed by atoms with Gasteiger partial charge in [-0.2, -0.15) is 0 Å². The lowest BCUT2D eigenvalue weighted by molar-refractivity contribution is -0.128. The highest BCUT2D eigenvalue weighted by atomic mass is 19.1. The van der Waals surface area contributed by atoms with E-state index in [-0.39, 0.29) is 11.4 Å². The molecule has 1 atom stereocenters. The molecule has 26 heavy (non-hydrogen) atoms. The largest absolute Gasteiger partial charge is 0.478 e. The molecule has 3 rings (SSSR count). The summed E-state index contributed by atoms with van der Waals surface area (Å²) < 4.78 is 20.6. The van der Waals surface area contributed by atoms with Crippen LogP contribution in [0.15, 0.2) is 48.7 Å². The molecule has 0 aliphatic carbocycles. The van der Waals surface area contributed by atoms with Crippen molar-refractivity contribution in [2.24, 2.45) is 0 Å². The van der Waals surface area contributed by atoms with Gasteiger partial charge in [0.2, 0.25) is 0 Å². The Labute approximate surface area is 148 Å². The first kappa shape index (κ1) is 17.4. The molecule has 8 heteroatoms. The molecule has 0 spiro atoms. The number of aryl methyl sites for hydroxylation is 1. The van der Waals surface area contributed by atoms with E-state index in [2.05, 4.69) is 15.8 Å². The van der Waals surface area contributed by atoms with Crippen molar-refractivity contribution in [3.05, 3.63) is 65.9 Å². The summed E-state index contributed by atoms with van der Waals surface area (Å²) in [6.45, 7) is 3.34. The number of hydrazine groups is 1. The van der Waals surface area contributed by atoms with Crippen LogP contribution in [0.5, 0.6) is 5.75 Å². The Morgan fingerprint density at radius 3 is 2.65 bits per heavy atom. The van der Waals surface area contributed by atoms with Crippen molar-refractivity contribution in [3.63, 3.8) is 0 Å². The van der Waals surface area contributed by atoms with E-state index in [1.165, 1.54) is 25.1 Å². The lowest BCUT2D eigenvalue weighted by atomic mass is 10.3. The highest BCUT2D eigenvalue weighted by molar-refractivity contribution is 5.94. The maximum Gasteiger partial charge on any atom is 0.289 e. The number of amides is 2. The molecule has 0 bridgehead atoms. The van der Waals surface area contributed by atoms with Gasteiger partial charge in [-0.3, -0.25) is 20.4 Å². The Bertz CT molecular complexity index is 970. The van der Waals surface area contributed by atoms with Gasteiger partial charge >= 0.3 is 0 Å². The fraction of sp³-hybridized carbons (Fsp3) is 0.167. The van der Waals surface area contributed by atoms with Gasteiger partial charge in [0.1, 0.15) is 11.3 Å². The molecule has 0 aliphatic heterocycles. The number of hydrogen-bond donors (Lipinski definition) is 2. The topological polar surface area (TPSA) is 84.7 Å². The van der Waals surface area contributed by atoms with Gasteiger partial charge in [0.15, 0.2) is 17.7 Å². The SMILES string of the molecule is Cc1cccc2nc(C(=O)NNC(=O)C(C)Oc3ccccc3F)cn12. The van der Waals surface area contributed by atoms with Gasteiger partial charge in [0.25, 0.3) is 11.8 Å². The minimum atomic E-state index is -1.00. The molecule has 0 radical (unpaired) electrons. The summed E-state index contributed by atoms with van der Waals surface area (Å²) in [5.74, 6) is -1.81. The monoisotopic (exact) mass is 356 g/mol. The number of ether oxygens (including phenoxy) is 1. The Morgan fingerprint density at radius 1 is 1.15 bits per heavy atom. The number of benzene rings is 1. The van der Waals surface area contributed by atoms with Gasteiger partial charge in [0.05, 0.1) is 0 Å². The van der Waals surface area contributed by atoms with E-state index in [1.807, 2.05) is 19.1 Å². The molecule has 2 heterocycles. The number of nitrogens with zero attached hydrogens (tertiary/aromatic N) is 2. The first-order valence-electron chi connectivity index (χ1n) is 7.92. The first-order valence-corrected chi connectivity index (χ1v) is 7.92. The molecular weight excluding hydrogens is 339 g/mol. The number of fused-ring (bicyclic) bond motifs is 1. The van der Waals surface area contributed by atoms with E-state index < -0.39 is 23.7 Å². The molecule has 7 nitrogen and oxygen atoms in total. The predicted molar refractivity (Wildman–Crippen MR) is 92.0 cm³/mol. The second-order valence-corrected chi connectivity index (χ2v) is 5.66. The average Bonchev–Trinajstić information content (AvgIpc) is 3.07. The number of hydrogen-bond acceptors (Lipinski definition) is 4. The average molecular weight is 356 g/mol. The summed E-state index contributed by atoms with van der Waals surface area (Å²) in [5, 5.41) is 0. The fourth-order valence-corrected chi connectivity index (χ4v) is 2.33. The van der Waals surface area contributed by atoms with Crippen molar-refractivity contribution in [3.8, 4) is 5.75 Å². The predicted octanol–water partition coefficient (Wildman–Crippen LogP) is 2.01. The lowest BCUT2D eigenvalue weighted by Gasteiger charge is -2.15. The van der Waals surface area contributed by atoms with Crippen LogP contribution < -0.4 is 15.6 Å². The summed E-state index contributed by atoms with van der Waals surface area (Å²) in [5.41, 5.74) is 6.22. The molecule has 0 saturated heterocycles. The van der Waals surface area contributed by atoms with Crippen molar-refractivity contribution < 1.29 is 18.7 Å². The quantitative estimate of drug-likeness (QED) is 0.701. The normalized spacial score (nSPS) is 11.8. The summed E-state index contributed by atoms with van der Waals surface area (Å²) in [4.78, 5) is 28.4. The summed E-state index contributed by atoms with van der Waals surface area (Å²) in [7, 11) is 0. The van der Waals surface area contributed by atoms with Crippen molar-refractivity contribution >= 4 is 17.5 Å². The molecule has 2 N–H and O–H groups in total. The number of para-hydroxylation sites is 1. The number of carbonyl (C=O) groups excluding carboxylic acids is 2. The Hall–Kier alpha value is -3.42. The number of carbonyl (C=O) groups is 2. The standard InChI is InChI=1S/C18H17FN4O3/c1-11-6-5-9-16-20-14(10-23(11)16)18(25)22-21-17(24)12(2)26-15-8-4-3-7-13(15)19/h3-10,12H,1-2H3,(H,21,24)(H,22,25). The molecule has 2 amide bonds. The van der Waals surface area contributed by atoms with Crippen molar-refractivity contribution in [1.82, 2.24) is 20.2 Å². The molecule has 0 saturated carbocycles. The van der Waals surface area contributed by atoms with Gasteiger partial charge in [-0.1, -0.05) is 18.2 Å². The zero-order valence-corrected chi connectivity index (χ0v) is 14.2. The minimum absolute atomic E-state index is 0.0442. The Kier molecular flexibility index (Phi) is 4.83. The van der Waals surface area contributed by atoms with Crippen LogP contribution in [0.4, 0.5) is 4.39 Å². The highest BCUT2D eigenvalue weighted by Gasteiger charge is 2.18. The van der Waals surface area contributed by atoms with Crippen LogP contribution in [0, 0.1) is 12.7 Å². The molecular formula is C18H17FN4O3. The van der Waals surface area contributed by atoms with E-state index in [9.17, 15) is 14.0 Å². The van der Waals surface area contributed by atoms with Crippen molar-refractivity contribution in [2.45, 2.75) is 20.0 Å². The zero-order valence-electron chi connectivity index (χ0n) is 14.2. The number of pyridine rings is 1. The number of aromatic nitrogens is 2. The van der Waals surface area contributed by atoms with E-state index in [0.29, 0.717) is 5.65 Å². The van der Waals surface area contributed by atoms with Crippen LogP contribution in [-0.2, 0) is 4.79 Å². The maximum atomic E-state index is 13.5. The molecule has 2 aromatic heterocycles. The van der Waals surface area contributed by atoms with Gasteiger partial charge in [-0.05, 0) is 38.1 Å². The first-order chi connectivity index (χ1) is 12.5. The van der Waals surface area contributed by atoms with Gasteiger partial charge < -0.3 is 9.14 Å². The molecule has 1 unspecified atom stereocenters. The number of halogens is 1. The summed E-state index contributed by atoms with van der Waals surface area (Å²) in [6, 6.07) is 11.2. The maximum absolute atomic E-state index is 13.5. The Balaban J connectivity index is 1.60.